The van der Waals surface area contributed by atoms with Crippen LogP contribution in [0.4, 0.5) is 10.8 Å². The van der Waals surface area contributed by atoms with Crippen LogP contribution >= 0.6 is 11.3 Å². The monoisotopic (exact) mass is 826 g/mol. The van der Waals surface area contributed by atoms with E-state index in [1.54, 1.807) is 12.1 Å². The molecule has 1 spiro atoms. The second kappa shape index (κ2) is 16.1. The van der Waals surface area contributed by atoms with Gasteiger partial charge < -0.3 is 25.2 Å². The number of para-hydroxylation sites is 1. The first-order valence-corrected chi connectivity index (χ1v) is 21.5. The van der Waals surface area contributed by atoms with Crippen molar-refractivity contribution >= 4 is 50.2 Å². The minimum atomic E-state index is -1.69. The molecule has 10 rings (SSSR count). The maximum Gasteiger partial charge on any atom is 0.324 e. The first kappa shape index (κ1) is 38.6. The van der Waals surface area contributed by atoms with E-state index in [4.69, 9.17) is 14.5 Å². The number of rotatable bonds is 8. The molecule has 61 heavy (non-hydrogen) atoms. The summed E-state index contributed by atoms with van der Waals surface area (Å²) in [4.78, 5) is 53.0. The number of aromatic nitrogens is 1. The minimum Gasteiger partial charge on any atom is -0.491 e. The van der Waals surface area contributed by atoms with Gasteiger partial charge in [-0.05, 0) is 96.0 Å². The molecule has 2 amide bonds. The summed E-state index contributed by atoms with van der Waals surface area (Å²) in [5.74, 6) is 4.40. The first-order valence-electron chi connectivity index (χ1n) is 20.7. The topological polar surface area (TPSA) is 130 Å². The number of fused-ring (bicyclic) bond motifs is 4. The number of aliphatic hydroxyl groups excluding tert-OH is 1. The summed E-state index contributed by atoms with van der Waals surface area (Å²) in [6.07, 6.45) is 5.53. The van der Waals surface area contributed by atoms with Crippen LogP contribution < -0.4 is 15.4 Å². The van der Waals surface area contributed by atoms with Crippen molar-refractivity contribution in [3.05, 3.63) is 167 Å². The van der Waals surface area contributed by atoms with Crippen LogP contribution in [0.5, 0.6) is 5.75 Å². The molecule has 10 nitrogen and oxygen atoms in total. The second-order valence-corrected chi connectivity index (χ2v) is 16.9. The Morgan fingerprint density at radius 1 is 0.885 bits per heavy atom. The fourth-order valence-electron chi connectivity index (χ4n) is 9.79. The second-order valence-electron chi connectivity index (χ2n) is 15.8. The number of aliphatic hydroxyl groups is 1. The molecule has 6 atom stereocenters. The Hall–Kier alpha value is -6.58. The van der Waals surface area contributed by atoms with Gasteiger partial charge in [0.2, 0.25) is 11.8 Å². The number of carbonyl (C=O) groups is 3. The Bertz CT molecular complexity index is 2710. The number of carbonyl (C=O) groups excluding carboxylic acids is 3. The predicted molar refractivity (Wildman–Crippen MR) is 234 cm³/mol. The Morgan fingerprint density at radius 2 is 1.64 bits per heavy atom. The van der Waals surface area contributed by atoms with E-state index in [0.717, 1.165) is 52.6 Å². The van der Waals surface area contributed by atoms with Crippen molar-refractivity contribution in [3.63, 3.8) is 0 Å². The quantitative estimate of drug-likeness (QED) is 0.103. The van der Waals surface area contributed by atoms with Crippen molar-refractivity contribution in [1.29, 1.82) is 0 Å². The van der Waals surface area contributed by atoms with Gasteiger partial charge in [0.25, 0.3) is 0 Å². The Balaban J connectivity index is 1.22. The van der Waals surface area contributed by atoms with Crippen molar-refractivity contribution in [2.45, 2.75) is 55.3 Å². The Morgan fingerprint density at radius 3 is 2.38 bits per heavy atom. The Kier molecular flexibility index (Phi) is 10.2. The summed E-state index contributed by atoms with van der Waals surface area (Å²) in [6, 6.07) is 37.3. The number of allylic oxidation sites excluding steroid dienone is 2. The number of nitrogens with one attached hydrogen (secondary N) is 2. The number of amides is 2. The normalized spacial score (nSPS) is 24.2. The maximum absolute atomic E-state index is 15.5. The van der Waals surface area contributed by atoms with E-state index in [1.807, 2.05) is 115 Å². The fraction of sp³-hybridized carbons (Fsp3) is 0.240. The zero-order chi connectivity index (χ0) is 41.5. The number of ether oxygens (including phenoxy) is 2. The van der Waals surface area contributed by atoms with E-state index < -0.39 is 53.3 Å². The number of esters is 1. The van der Waals surface area contributed by atoms with E-state index in [-0.39, 0.29) is 13.2 Å². The van der Waals surface area contributed by atoms with Crippen LogP contribution in [0.3, 0.4) is 0 Å². The van der Waals surface area contributed by atoms with Crippen LogP contribution in [-0.4, -0.2) is 52.0 Å². The van der Waals surface area contributed by atoms with E-state index in [1.165, 1.54) is 11.3 Å². The maximum atomic E-state index is 15.5. The molecule has 304 valence electrons. The number of hydrogen-bond donors (Lipinski definition) is 3. The Labute approximate surface area is 357 Å². The molecule has 0 unspecified atom stereocenters. The smallest absolute Gasteiger partial charge is 0.324 e. The number of thiazole rings is 1. The summed E-state index contributed by atoms with van der Waals surface area (Å²) in [6.45, 7) is -0.0539. The van der Waals surface area contributed by atoms with Gasteiger partial charge in [0, 0.05) is 11.3 Å². The molecule has 4 aliphatic rings. The van der Waals surface area contributed by atoms with Gasteiger partial charge in [0.1, 0.15) is 29.9 Å². The number of anilines is 2. The molecule has 0 bridgehead atoms. The highest BCUT2D eigenvalue weighted by Crippen LogP contribution is 2.65. The minimum absolute atomic E-state index is 0.103. The van der Waals surface area contributed by atoms with Crippen molar-refractivity contribution in [1.82, 2.24) is 9.88 Å². The van der Waals surface area contributed by atoms with Crippen molar-refractivity contribution in [2.24, 2.45) is 5.92 Å². The molecule has 0 radical (unpaired) electrons. The lowest BCUT2D eigenvalue weighted by atomic mass is 9.65. The van der Waals surface area contributed by atoms with Gasteiger partial charge in [-0.2, -0.15) is 0 Å². The summed E-state index contributed by atoms with van der Waals surface area (Å²) in [7, 11) is 0. The van der Waals surface area contributed by atoms with E-state index in [2.05, 4.69) is 33.5 Å². The third kappa shape index (κ3) is 6.77. The molecule has 5 aromatic carbocycles. The molecule has 1 aliphatic carbocycles. The molecule has 3 aliphatic heterocycles. The molecular weight excluding hydrogens is 785 g/mol. The van der Waals surface area contributed by atoms with Crippen molar-refractivity contribution in [2.75, 3.05) is 23.8 Å². The number of hydrogen-bond acceptors (Lipinski definition) is 9. The lowest BCUT2D eigenvalue weighted by molar-refractivity contribution is -0.177. The van der Waals surface area contributed by atoms with Gasteiger partial charge in [0.05, 0.1) is 34.8 Å². The SMILES string of the molecule is O=C1O[C@@H](c2ccccc2)[C@@H](c2ccccc2)N2[C@@H](c3ccc(OCCO)cc3)[C@]3(C(=O)Nc4ccc(C#CC5=CCCCC5)cc43)[C@@H](C(=O)Nc3nc4ccccc4s3)[C@H]12. The van der Waals surface area contributed by atoms with Crippen LogP contribution in [0.25, 0.3) is 10.2 Å². The molecule has 11 heteroatoms. The molecule has 2 fully saturated rings. The van der Waals surface area contributed by atoms with Crippen LogP contribution in [0.2, 0.25) is 0 Å². The van der Waals surface area contributed by atoms with Crippen LogP contribution in [0.15, 0.2) is 139 Å². The number of benzene rings is 5. The van der Waals surface area contributed by atoms with Gasteiger partial charge in [-0.15, -0.1) is 0 Å². The van der Waals surface area contributed by atoms with Gasteiger partial charge in [-0.25, -0.2) is 4.98 Å². The van der Waals surface area contributed by atoms with E-state index in [9.17, 15) is 5.11 Å². The highest BCUT2D eigenvalue weighted by Gasteiger charge is 2.74. The lowest BCUT2D eigenvalue weighted by Crippen LogP contribution is -2.53. The summed E-state index contributed by atoms with van der Waals surface area (Å²) in [5, 5.41) is 16.1. The number of nitrogens with zero attached hydrogens (tertiary/aromatic N) is 2. The molecule has 2 saturated heterocycles. The average molecular weight is 827 g/mol. The zero-order valence-electron chi connectivity index (χ0n) is 33.1. The molecule has 4 heterocycles. The van der Waals surface area contributed by atoms with Crippen LogP contribution in [0.1, 0.15) is 71.7 Å². The predicted octanol–water partition coefficient (Wildman–Crippen LogP) is 8.43. The van der Waals surface area contributed by atoms with Crippen molar-refractivity contribution < 1.29 is 29.0 Å². The molecule has 3 N–H and O–H groups in total. The van der Waals surface area contributed by atoms with E-state index in [0.29, 0.717) is 33.3 Å². The molecule has 1 aromatic heterocycles. The largest absolute Gasteiger partial charge is 0.491 e. The zero-order valence-corrected chi connectivity index (χ0v) is 33.9. The van der Waals surface area contributed by atoms with Gasteiger partial charge in [0.15, 0.2) is 5.13 Å². The van der Waals surface area contributed by atoms with Crippen molar-refractivity contribution in [3.8, 4) is 17.6 Å². The summed E-state index contributed by atoms with van der Waals surface area (Å²) < 4.78 is 13.2. The number of morpholine rings is 1. The standard InChI is InChI=1S/C50H42N4O6S/c55-28-29-59-36-25-23-35(24-26-36)45-50(37-30-32(22-27-38(37)51-48(50)58)21-20-31-12-4-1-5-13-31)41(46(56)53-49-52-39-18-10-11-19-40(39)61-49)43-47(57)60-44(34-16-8-3-9-17-34)42(54(43)45)33-14-6-2-7-15-33/h2-3,6-12,14-19,22-27,30,41-45,55H,1,4-5,13,28-29H2,(H,51,58)(H,52,53,56)/t41-,42-,43-,44+,45+,50-/m1/s1. The number of cyclic esters (lactones) is 1. The summed E-state index contributed by atoms with van der Waals surface area (Å²) >= 11 is 1.33. The molecular formula is C50H42N4O6S. The van der Waals surface area contributed by atoms with Gasteiger partial charge in [-0.3, -0.25) is 19.3 Å². The third-order valence-electron chi connectivity index (χ3n) is 12.3. The average Bonchev–Trinajstić information content (AvgIpc) is 3.95. The lowest BCUT2D eigenvalue weighted by Gasteiger charge is -2.46. The van der Waals surface area contributed by atoms with Gasteiger partial charge >= 0.3 is 5.97 Å². The van der Waals surface area contributed by atoms with E-state index >= 15 is 14.4 Å². The van der Waals surface area contributed by atoms with Gasteiger partial charge in [-0.1, -0.05) is 114 Å². The van der Waals surface area contributed by atoms with Crippen LogP contribution in [-0.2, 0) is 24.5 Å². The molecule has 6 aromatic rings. The summed E-state index contributed by atoms with van der Waals surface area (Å²) in [5.41, 5.74) is 4.23. The third-order valence-corrected chi connectivity index (χ3v) is 13.3. The highest BCUT2D eigenvalue weighted by atomic mass is 32.1. The highest BCUT2D eigenvalue weighted by molar-refractivity contribution is 7.22. The first-order chi connectivity index (χ1) is 29.9. The fourth-order valence-corrected chi connectivity index (χ4v) is 10.7. The molecule has 0 saturated carbocycles. The van der Waals surface area contributed by atoms with Crippen LogP contribution in [0, 0.1) is 17.8 Å².